The molecule has 21 heavy (non-hydrogen) atoms. The molecule has 1 aromatic carbocycles. The van der Waals surface area contributed by atoms with E-state index in [1.807, 2.05) is 0 Å². The molecule has 0 atom stereocenters. The van der Waals surface area contributed by atoms with Crippen molar-refractivity contribution in [3.05, 3.63) is 28.8 Å². The Morgan fingerprint density at radius 3 is 2.62 bits per heavy atom. The number of carboxylic acid groups (broad SMARTS) is 1. The number of carbonyl (C=O) groups excluding carboxylic acids is 2. The van der Waals surface area contributed by atoms with E-state index in [2.05, 4.69) is 5.32 Å². The molecule has 0 unspecified atom stereocenters. The zero-order valence-corrected chi connectivity index (χ0v) is 12.6. The number of halogens is 1. The Morgan fingerprint density at radius 2 is 1.95 bits per heavy atom. The molecule has 1 amide bonds. The number of carbonyl (C=O) groups is 2. The van der Waals surface area contributed by atoms with Gasteiger partial charge in [0.05, 0.1) is 16.7 Å². The number of aromatic carboxylic acids is 1. The van der Waals surface area contributed by atoms with Gasteiger partial charge in [0.1, 0.15) is 0 Å². The highest BCUT2D eigenvalue weighted by Crippen LogP contribution is 2.28. The lowest BCUT2D eigenvalue weighted by molar-refractivity contribution is -0.255. The standard InChI is InChI=1S/C16H20ClNO3/c17-13-8-7-12(16(20)21)10-14(13)18-15(19)9-6-11-4-2-1-3-5-11/h7-8,10-11H,1-6,9H2,(H,18,19)(H,20,21)/p-1. The summed E-state index contributed by atoms with van der Waals surface area (Å²) in [5, 5.41) is 13.8. The molecule has 2 rings (SSSR count). The van der Waals surface area contributed by atoms with E-state index in [9.17, 15) is 14.7 Å². The van der Waals surface area contributed by atoms with Crippen LogP contribution in [0.25, 0.3) is 0 Å². The minimum absolute atomic E-state index is 0.00183. The van der Waals surface area contributed by atoms with Gasteiger partial charge in [-0.2, -0.15) is 0 Å². The molecule has 114 valence electrons. The Morgan fingerprint density at radius 1 is 1.24 bits per heavy atom. The Bertz CT molecular complexity index is 524. The molecule has 0 heterocycles. The van der Waals surface area contributed by atoms with Crippen LogP contribution in [0.5, 0.6) is 0 Å². The van der Waals surface area contributed by atoms with Crippen LogP contribution < -0.4 is 10.4 Å². The summed E-state index contributed by atoms with van der Waals surface area (Å²) in [6.07, 6.45) is 7.54. The molecule has 0 aromatic heterocycles. The lowest BCUT2D eigenvalue weighted by Gasteiger charge is -2.21. The van der Waals surface area contributed by atoms with Crippen molar-refractivity contribution < 1.29 is 14.7 Å². The van der Waals surface area contributed by atoms with Crippen molar-refractivity contribution in [3.63, 3.8) is 0 Å². The predicted molar refractivity (Wildman–Crippen MR) is 80.2 cm³/mol. The second-order valence-electron chi connectivity index (χ2n) is 5.57. The topological polar surface area (TPSA) is 69.2 Å². The molecule has 0 aliphatic heterocycles. The van der Waals surface area contributed by atoms with Gasteiger partial charge in [-0.05, 0) is 30.0 Å². The van der Waals surface area contributed by atoms with Crippen LogP contribution in [0.1, 0.15) is 55.3 Å². The van der Waals surface area contributed by atoms with E-state index in [-0.39, 0.29) is 11.5 Å². The van der Waals surface area contributed by atoms with Crippen molar-refractivity contribution >= 4 is 29.2 Å². The van der Waals surface area contributed by atoms with Crippen LogP contribution in [0.15, 0.2) is 18.2 Å². The zero-order chi connectivity index (χ0) is 15.2. The molecule has 1 aliphatic rings. The smallest absolute Gasteiger partial charge is 0.224 e. The summed E-state index contributed by atoms with van der Waals surface area (Å²) < 4.78 is 0. The van der Waals surface area contributed by atoms with Gasteiger partial charge >= 0.3 is 0 Å². The first kappa shape index (κ1) is 15.8. The van der Waals surface area contributed by atoms with Gasteiger partial charge in [-0.15, -0.1) is 0 Å². The van der Waals surface area contributed by atoms with Gasteiger partial charge in [-0.3, -0.25) is 4.79 Å². The average Bonchev–Trinajstić information content (AvgIpc) is 2.48. The van der Waals surface area contributed by atoms with Gasteiger partial charge in [0.2, 0.25) is 5.91 Å². The number of rotatable bonds is 5. The van der Waals surface area contributed by atoms with Crippen molar-refractivity contribution in [2.75, 3.05) is 5.32 Å². The van der Waals surface area contributed by atoms with E-state index in [0.717, 1.165) is 6.42 Å². The number of nitrogens with one attached hydrogen (secondary N) is 1. The second-order valence-corrected chi connectivity index (χ2v) is 5.98. The first-order valence-corrected chi connectivity index (χ1v) is 7.75. The number of carboxylic acids is 1. The van der Waals surface area contributed by atoms with Gasteiger partial charge in [0, 0.05) is 6.42 Å². The lowest BCUT2D eigenvalue weighted by atomic mass is 9.86. The van der Waals surface area contributed by atoms with Crippen molar-refractivity contribution in [2.45, 2.75) is 44.9 Å². The molecular weight excluding hydrogens is 290 g/mol. The SMILES string of the molecule is O=C(CCC1CCCCC1)Nc1cc(C(=O)[O-])ccc1Cl. The molecule has 1 aromatic rings. The molecule has 1 fully saturated rings. The van der Waals surface area contributed by atoms with E-state index in [4.69, 9.17) is 11.6 Å². The van der Waals surface area contributed by atoms with E-state index in [1.165, 1.54) is 50.3 Å². The Balaban J connectivity index is 1.89. The average molecular weight is 309 g/mol. The third-order valence-corrected chi connectivity index (χ3v) is 4.31. The van der Waals surface area contributed by atoms with Crippen molar-refractivity contribution in [1.82, 2.24) is 0 Å². The van der Waals surface area contributed by atoms with Crippen LogP contribution in [-0.4, -0.2) is 11.9 Å². The summed E-state index contributed by atoms with van der Waals surface area (Å²) in [4.78, 5) is 22.8. The lowest BCUT2D eigenvalue weighted by Crippen LogP contribution is -2.22. The van der Waals surface area contributed by atoms with Crippen LogP contribution in [0.3, 0.4) is 0 Å². The van der Waals surface area contributed by atoms with Crippen LogP contribution in [-0.2, 0) is 4.79 Å². The van der Waals surface area contributed by atoms with E-state index in [1.54, 1.807) is 0 Å². The molecule has 1 N–H and O–H groups in total. The number of hydrogen-bond acceptors (Lipinski definition) is 3. The highest BCUT2D eigenvalue weighted by molar-refractivity contribution is 6.33. The molecular formula is C16H19ClNO3-. The van der Waals surface area contributed by atoms with Crippen molar-refractivity contribution in [2.24, 2.45) is 5.92 Å². The minimum atomic E-state index is -1.29. The molecule has 0 radical (unpaired) electrons. The first-order chi connectivity index (χ1) is 10.1. The normalized spacial score (nSPS) is 15.7. The fourth-order valence-electron chi connectivity index (χ4n) is 2.77. The third kappa shape index (κ3) is 4.74. The molecule has 0 spiro atoms. The summed E-state index contributed by atoms with van der Waals surface area (Å²) >= 11 is 5.97. The van der Waals surface area contributed by atoms with Crippen LogP contribution in [0, 0.1) is 5.92 Å². The van der Waals surface area contributed by atoms with Crippen LogP contribution in [0.2, 0.25) is 5.02 Å². The molecule has 5 heteroatoms. The number of hydrogen-bond donors (Lipinski definition) is 1. The summed E-state index contributed by atoms with van der Waals surface area (Å²) in [5.41, 5.74) is 0.328. The summed E-state index contributed by atoms with van der Waals surface area (Å²) in [6.45, 7) is 0. The number of anilines is 1. The fourth-order valence-corrected chi connectivity index (χ4v) is 2.94. The van der Waals surface area contributed by atoms with Gasteiger partial charge < -0.3 is 15.2 Å². The number of amides is 1. The first-order valence-electron chi connectivity index (χ1n) is 7.37. The minimum Gasteiger partial charge on any atom is -0.545 e. The Labute approximate surface area is 129 Å². The maximum absolute atomic E-state index is 12.0. The zero-order valence-electron chi connectivity index (χ0n) is 11.9. The van der Waals surface area contributed by atoms with Gasteiger partial charge in [0.25, 0.3) is 0 Å². The highest BCUT2D eigenvalue weighted by Gasteiger charge is 2.15. The highest BCUT2D eigenvalue weighted by atomic mass is 35.5. The molecule has 1 saturated carbocycles. The Hall–Kier alpha value is -1.55. The maximum Gasteiger partial charge on any atom is 0.224 e. The second kappa shape index (κ2) is 7.46. The Kier molecular flexibility index (Phi) is 5.62. The molecule has 0 bridgehead atoms. The van der Waals surface area contributed by atoms with Crippen molar-refractivity contribution in [3.8, 4) is 0 Å². The fraction of sp³-hybridized carbons (Fsp3) is 0.500. The third-order valence-electron chi connectivity index (χ3n) is 3.98. The summed E-state index contributed by atoms with van der Waals surface area (Å²) in [6, 6.07) is 4.13. The van der Waals surface area contributed by atoms with Gasteiger partial charge in [-0.25, -0.2) is 0 Å². The summed E-state index contributed by atoms with van der Waals surface area (Å²) in [5.74, 6) is -0.781. The molecule has 0 saturated heterocycles. The molecule has 4 nitrogen and oxygen atoms in total. The monoisotopic (exact) mass is 308 g/mol. The summed E-state index contributed by atoms with van der Waals surface area (Å²) in [7, 11) is 0. The molecule has 1 aliphatic carbocycles. The van der Waals surface area contributed by atoms with Gasteiger partial charge in [0.15, 0.2) is 0 Å². The number of benzene rings is 1. The van der Waals surface area contributed by atoms with Gasteiger partial charge in [-0.1, -0.05) is 49.8 Å². The van der Waals surface area contributed by atoms with E-state index >= 15 is 0 Å². The van der Waals surface area contributed by atoms with E-state index < -0.39 is 5.97 Å². The predicted octanol–water partition coefficient (Wildman–Crippen LogP) is 3.00. The largest absolute Gasteiger partial charge is 0.545 e. The van der Waals surface area contributed by atoms with Crippen LogP contribution in [0.4, 0.5) is 5.69 Å². The van der Waals surface area contributed by atoms with Crippen molar-refractivity contribution in [1.29, 1.82) is 0 Å². The quantitative estimate of drug-likeness (QED) is 0.909. The van der Waals surface area contributed by atoms with Crippen LogP contribution >= 0.6 is 11.6 Å². The van der Waals surface area contributed by atoms with E-state index in [0.29, 0.717) is 23.0 Å². The maximum atomic E-state index is 12.0.